The molecule has 0 spiro atoms. The number of hydrogen-bond acceptors (Lipinski definition) is 0. The van der Waals surface area contributed by atoms with Crippen molar-refractivity contribution in [1.82, 2.24) is 9.13 Å². The third-order valence-corrected chi connectivity index (χ3v) is 10.1. The van der Waals surface area contributed by atoms with Crippen molar-refractivity contribution in [1.29, 1.82) is 0 Å². The molecule has 0 fully saturated rings. The lowest BCUT2D eigenvalue weighted by molar-refractivity contribution is 1.18. The number of para-hydroxylation sites is 4. The van der Waals surface area contributed by atoms with Gasteiger partial charge in [0.05, 0.1) is 22.1 Å². The highest BCUT2D eigenvalue weighted by molar-refractivity contribution is 6.20. The lowest BCUT2D eigenvalue weighted by Gasteiger charge is -2.15. The molecule has 2 aromatic heterocycles. The molecule has 10 aromatic rings. The zero-order chi connectivity index (χ0) is 33.0. The number of fused-ring (bicyclic) bond motifs is 6. The summed E-state index contributed by atoms with van der Waals surface area (Å²) in [6.45, 7) is 0. The van der Waals surface area contributed by atoms with Crippen molar-refractivity contribution in [3.8, 4) is 44.8 Å². The topological polar surface area (TPSA) is 9.86 Å². The highest BCUT2D eigenvalue weighted by Gasteiger charge is 2.21. The van der Waals surface area contributed by atoms with Crippen LogP contribution in [0.5, 0.6) is 0 Å². The minimum absolute atomic E-state index is 1.14. The van der Waals surface area contributed by atoms with Crippen molar-refractivity contribution in [2.75, 3.05) is 0 Å². The molecule has 0 unspecified atom stereocenters. The van der Waals surface area contributed by atoms with Crippen molar-refractivity contribution in [2.24, 2.45) is 0 Å². The van der Waals surface area contributed by atoms with E-state index in [2.05, 4.69) is 203 Å². The van der Waals surface area contributed by atoms with Gasteiger partial charge in [0.15, 0.2) is 0 Å². The predicted octanol–water partition coefficient (Wildman–Crippen LogP) is 12.9. The Balaban J connectivity index is 1.30. The molecule has 0 saturated heterocycles. The second kappa shape index (κ2) is 11.5. The molecule has 50 heavy (non-hydrogen) atoms. The molecule has 0 aliphatic carbocycles. The van der Waals surface area contributed by atoms with Crippen LogP contribution in [0.4, 0.5) is 0 Å². The van der Waals surface area contributed by atoms with Crippen LogP contribution in [0.25, 0.3) is 88.4 Å². The molecule has 0 N–H and O–H groups in total. The zero-order valence-corrected chi connectivity index (χ0v) is 27.4. The predicted molar refractivity (Wildman–Crippen MR) is 211 cm³/mol. The minimum atomic E-state index is 1.14. The van der Waals surface area contributed by atoms with Crippen LogP contribution in [0.2, 0.25) is 0 Å². The highest BCUT2D eigenvalue weighted by atomic mass is 15.0. The van der Waals surface area contributed by atoms with Crippen LogP contribution < -0.4 is 0 Å². The molecule has 2 heteroatoms. The summed E-state index contributed by atoms with van der Waals surface area (Å²) in [6, 6.07) is 70.4. The second-order valence-corrected chi connectivity index (χ2v) is 12.9. The molecule has 0 aliphatic rings. The lowest BCUT2D eigenvalue weighted by Crippen LogP contribution is -1.96. The largest absolute Gasteiger partial charge is 0.309 e. The van der Waals surface area contributed by atoms with Crippen LogP contribution in [-0.2, 0) is 0 Å². The third-order valence-electron chi connectivity index (χ3n) is 10.1. The van der Waals surface area contributed by atoms with E-state index in [1.807, 2.05) is 0 Å². The normalized spacial score (nSPS) is 11.6. The summed E-state index contributed by atoms with van der Waals surface area (Å²) in [7, 11) is 0. The van der Waals surface area contributed by atoms with Gasteiger partial charge < -0.3 is 9.13 Å². The molecule has 0 aliphatic heterocycles. The van der Waals surface area contributed by atoms with E-state index in [1.165, 1.54) is 77.0 Å². The van der Waals surface area contributed by atoms with Gasteiger partial charge in [0, 0.05) is 38.5 Å². The third kappa shape index (κ3) is 4.43. The number of nitrogens with zero attached hydrogens (tertiary/aromatic N) is 2. The first-order chi connectivity index (χ1) is 24.8. The SMILES string of the molecule is c1ccc(-c2cc(-c3ccccc3)cc(-n3c4ccccc4c4c(-c5cccc6c7ccccc7n(-c7ccccc7)c56)cccc43)c2)cc1. The Morgan fingerprint density at radius 2 is 0.780 bits per heavy atom. The first-order valence-corrected chi connectivity index (χ1v) is 17.2. The maximum atomic E-state index is 2.46. The van der Waals surface area contributed by atoms with Gasteiger partial charge in [-0.25, -0.2) is 0 Å². The maximum Gasteiger partial charge on any atom is 0.0619 e. The molecule has 0 atom stereocenters. The van der Waals surface area contributed by atoms with E-state index in [0.717, 1.165) is 11.4 Å². The van der Waals surface area contributed by atoms with Gasteiger partial charge in [-0.05, 0) is 76.3 Å². The van der Waals surface area contributed by atoms with Crippen molar-refractivity contribution in [3.05, 3.63) is 194 Å². The molecular formula is C48H32N2. The highest BCUT2D eigenvalue weighted by Crippen LogP contribution is 2.44. The number of rotatable bonds is 5. The zero-order valence-electron chi connectivity index (χ0n) is 27.4. The molecular weight excluding hydrogens is 605 g/mol. The van der Waals surface area contributed by atoms with Gasteiger partial charge in [-0.3, -0.25) is 0 Å². The van der Waals surface area contributed by atoms with E-state index in [1.54, 1.807) is 0 Å². The van der Waals surface area contributed by atoms with Gasteiger partial charge >= 0.3 is 0 Å². The molecule has 2 nitrogen and oxygen atoms in total. The van der Waals surface area contributed by atoms with Crippen LogP contribution in [0.15, 0.2) is 194 Å². The van der Waals surface area contributed by atoms with E-state index >= 15 is 0 Å². The fourth-order valence-corrected chi connectivity index (χ4v) is 7.94. The van der Waals surface area contributed by atoms with Gasteiger partial charge in [0.1, 0.15) is 0 Å². The average molecular weight is 637 g/mol. The Hall–Kier alpha value is -6.64. The number of benzene rings is 8. The maximum absolute atomic E-state index is 2.46. The standard InChI is InChI=1S/C48H32N2/c1-4-16-33(17-5-1)35-30-36(34-18-6-2-7-19-34)32-38(31-35)49-45-28-13-11-23-43(45)47-40(24-15-29-46(47)49)42-26-14-25-41-39-22-10-12-27-44(39)50(48(41)42)37-20-8-3-9-21-37/h1-32H. The fraction of sp³-hybridized carbons (Fsp3) is 0. The minimum Gasteiger partial charge on any atom is -0.309 e. The Kier molecular flexibility index (Phi) is 6.53. The molecule has 0 amide bonds. The first-order valence-electron chi connectivity index (χ1n) is 17.2. The Morgan fingerprint density at radius 1 is 0.280 bits per heavy atom. The van der Waals surface area contributed by atoms with Crippen LogP contribution in [0.3, 0.4) is 0 Å². The van der Waals surface area contributed by atoms with Crippen LogP contribution >= 0.6 is 0 Å². The molecule has 0 radical (unpaired) electrons. The molecule has 2 heterocycles. The molecule has 234 valence electrons. The lowest BCUT2D eigenvalue weighted by atomic mass is 9.97. The van der Waals surface area contributed by atoms with Crippen molar-refractivity contribution >= 4 is 43.6 Å². The van der Waals surface area contributed by atoms with E-state index in [-0.39, 0.29) is 0 Å². The molecule has 0 bridgehead atoms. The summed E-state index contributed by atoms with van der Waals surface area (Å²) in [6.07, 6.45) is 0. The van der Waals surface area contributed by atoms with Crippen LogP contribution in [-0.4, -0.2) is 9.13 Å². The van der Waals surface area contributed by atoms with Gasteiger partial charge in [0.2, 0.25) is 0 Å². The summed E-state index contributed by atoms with van der Waals surface area (Å²) in [5.74, 6) is 0. The molecule has 8 aromatic carbocycles. The summed E-state index contributed by atoms with van der Waals surface area (Å²) in [4.78, 5) is 0. The molecule has 0 saturated carbocycles. The van der Waals surface area contributed by atoms with E-state index in [9.17, 15) is 0 Å². The van der Waals surface area contributed by atoms with Crippen molar-refractivity contribution in [3.63, 3.8) is 0 Å². The van der Waals surface area contributed by atoms with Crippen molar-refractivity contribution in [2.45, 2.75) is 0 Å². The second-order valence-electron chi connectivity index (χ2n) is 12.9. The average Bonchev–Trinajstić information content (AvgIpc) is 3.72. The van der Waals surface area contributed by atoms with E-state index < -0.39 is 0 Å². The van der Waals surface area contributed by atoms with Crippen molar-refractivity contribution < 1.29 is 0 Å². The van der Waals surface area contributed by atoms with E-state index in [4.69, 9.17) is 0 Å². The summed E-state index contributed by atoms with van der Waals surface area (Å²) < 4.78 is 4.90. The smallest absolute Gasteiger partial charge is 0.0619 e. The summed E-state index contributed by atoms with van der Waals surface area (Å²) >= 11 is 0. The summed E-state index contributed by atoms with van der Waals surface area (Å²) in [5, 5.41) is 5.01. The van der Waals surface area contributed by atoms with Gasteiger partial charge in [-0.2, -0.15) is 0 Å². The first kappa shape index (κ1) is 28.4. The monoisotopic (exact) mass is 636 g/mol. The van der Waals surface area contributed by atoms with Crippen LogP contribution in [0, 0.1) is 0 Å². The molecule has 10 rings (SSSR count). The number of aromatic nitrogens is 2. The summed E-state index contributed by atoms with van der Waals surface area (Å²) in [5.41, 5.74) is 14.4. The van der Waals surface area contributed by atoms with Crippen LogP contribution in [0.1, 0.15) is 0 Å². The Bertz CT molecular complexity index is 2780. The quantitative estimate of drug-likeness (QED) is 0.178. The van der Waals surface area contributed by atoms with E-state index in [0.29, 0.717) is 0 Å². The van der Waals surface area contributed by atoms with Gasteiger partial charge in [-0.1, -0.05) is 146 Å². The number of hydrogen-bond donors (Lipinski definition) is 0. The fourth-order valence-electron chi connectivity index (χ4n) is 7.94. The Morgan fingerprint density at radius 3 is 1.46 bits per heavy atom. The van der Waals surface area contributed by atoms with Gasteiger partial charge in [0.25, 0.3) is 0 Å². The van der Waals surface area contributed by atoms with Gasteiger partial charge in [-0.15, -0.1) is 0 Å². The Labute approximate surface area is 290 Å².